The molecule has 2 heterocycles. The second-order valence-corrected chi connectivity index (χ2v) is 6.15. The summed E-state index contributed by atoms with van der Waals surface area (Å²) in [5, 5.41) is 3.27. The van der Waals surface area contributed by atoms with Crippen LogP contribution in [0.4, 0.5) is 5.69 Å². The Hall–Kier alpha value is -1.88. The van der Waals surface area contributed by atoms with Gasteiger partial charge in [-0.15, -0.1) is 0 Å². The first-order valence-electron chi connectivity index (χ1n) is 7.90. The molecule has 5 heteroatoms. The number of carbonyl (C=O) groups excluding carboxylic acids is 2. The third-order valence-electron chi connectivity index (χ3n) is 4.35. The van der Waals surface area contributed by atoms with Crippen molar-refractivity contribution in [3.63, 3.8) is 0 Å². The lowest BCUT2D eigenvalue weighted by molar-refractivity contribution is -0.117. The number of amides is 1. The van der Waals surface area contributed by atoms with Gasteiger partial charge in [0.05, 0.1) is 12.2 Å². The highest BCUT2D eigenvalue weighted by atomic mass is 16.5. The fourth-order valence-corrected chi connectivity index (χ4v) is 3.20. The molecule has 1 amide bonds. The SMILES string of the molecule is CC(=O)N1CC(C)Oc2ccc(C(=O)C3CCCNC3)cc21. The van der Waals surface area contributed by atoms with Crippen molar-refractivity contribution >= 4 is 17.4 Å². The van der Waals surface area contributed by atoms with Crippen molar-refractivity contribution in [2.75, 3.05) is 24.5 Å². The van der Waals surface area contributed by atoms with Crippen molar-refractivity contribution in [3.05, 3.63) is 23.8 Å². The summed E-state index contributed by atoms with van der Waals surface area (Å²) in [5.41, 5.74) is 1.37. The monoisotopic (exact) mass is 302 g/mol. The zero-order chi connectivity index (χ0) is 15.7. The summed E-state index contributed by atoms with van der Waals surface area (Å²) < 4.78 is 5.77. The summed E-state index contributed by atoms with van der Waals surface area (Å²) in [6, 6.07) is 5.43. The molecular formula is C17H22N2O3. The minimum Gasteiger partial charge on any atom is -0.487 e. The average Bonchev–Trinajstić information content (AvgIpc) is 2.53. The molecule has 2 aliphatic rings. The van der Waals surface area contributed by atoms with Gasteiger partial charge in [-0.3, -0.25) is 9.59 Å². The summed E-state index contributed by atoms with van der Waals surface area (Å²) in [6.07, 6.45) is 1.91. The highest BCUT2D eigenvalue weighted by Gasteiger charge is 2.28. The Morgan fingerprint density at radius 2 is 2.18 bits per heavy atom. The Morgan fingerprint density at radius 3 is 2.86 bits per heavy atom. The molecule has 1 fully saturated rings. The van der Waals surface area contributed by atoms with Gasteiger partial charge in [0.1, 0.15) is 11.9 Å². The van der Waals surface area contributed by atoms with Crippen molar-refractivity contribution < 1.29 is 14.3 Å². The largest absolute Gasteiger partial charge is 0.487 e. The quantitative estimate of drug-likeness (QED) is 0.849. The molecule has 5 nitrogen and oxygen atoms in total. The molecule has 2 atom stereocenters. The molecule has 3 rings (SSSR count). The molecule has 1 saturated heterocycles. The summed E-state index contributed by atoms with van der Waals surface area (Å²) >= 11 is 0. The van der Waals surface area contributed by atoms with Gasteiger partial charge in [0, 0.05) is 24.9 Å². The van der Waals surface area contributed by atoms with Gasteiger partial charge in [-0.2, -0.15) is 0 Å². The van der Waals surface area contributed by atoms with E-state index in [-0.39, 0.29) is 23.7 Å². The van der Waals surface area contributed by atoms with E-state index in [4.69, 9.17) is 4.74 Å². The third-order valence-corrected chi connectivity index (χ3v) is 4.35. The molecule has 2 aliphatic heterocycles. The molecular weight excluding hydrogens is 280 g/mol. The van der Waals surface area contributed by atoms with Crippen LogP contribution in [0.3, 0.4) is 0 Å². The van der Waals surface area contributed by atoms with Gasteiger partial charge in [-0.05, 0) is 44.5 Å². The minimum absolute atomic E-state index is 0.0275. The van der Waals surface area contributed by atoms with Crippen LogP contribution in [0.5, 0.6) is 5.75 Å². The van der Waals surface area contributed by atoms with E-state index in [2.05, 4.69) is 5.32 Å². The van der Waals surface area contributed by atoms with Gasteiger partial charge in [0.2, 0.25) is 5.91 Å². The van der Waals surface area contributed by atoms with Crippen molar-refractivity contribution in [1.82, 2.24) is 5.32 Å². The van der Waals surface area contributed by atoms with Crippen LogP contribution in [-0.2, 0) is 4.79 Å². The van der Waals surface area contributed by atoms with Gasteiger partial charge in [-0.1, -0.05) is 0 Å². The van der Waals surface area contributed by atoms with Crippen molar-refractivity contribution in [3.8, 4) is 5.75 Å². The Bertz CT molecular complexity index is 594. The Morgan fingerprint density at radius 1 is 1.36 bits per heavy atom. The molecule has 0 bridgehead atoms. The molecule has 0 spiro atoms. The summed E-state index contributed by atoms with van der Waals surface area (Å²) in [5.74, 6) is 0.825. The number of piperidine rings is 1. The number of anilines is 1. The lowest BCUT2D eigenvalue weighted by Crippen LogP contribution is -2.41. The van der Waals surface area contributed by atoms with Gasteiger partial charge >= 0.3 is 0 Å². The third kappa shape index (κ3) is 2.86. The first-order valence-corrected chi connectivity index (χ1v) is 7.90. The first kappa shape index (κ1) is 15.0. The van der Waals surface area contributed by atoms with Crippen LogP contribution in [-0.4, -0.2) is 37.4 Å². The Labute approximate surface area is 130 Å². The van der Waals surface area contributed by atoms with E-state index in [0.717, 1.165) is 25.9 Å². The standard InChI is InChI=1S/C17H22N2O3/c1-11-10-19(12(2)20)15-8-13(5-6-16(15)22-11)17(21)14-4-3-7-18-9-14/h5-6,8,11,14,18H,3-4,7,9-10H2,1-2H3. The number of hydrogen-bond donors (Lipinski definition) is 1. The second kappa shape index (κ2) is 6.08. The number of ketones is 1. The number of Topliss-reactive ketones (excluding diaryl/α,β-unsaturated/α-hetero) is 1. The van der Waals surface area contributed by atoms with Crippen molar-refractivity contribution in [2.45, 2.75) is 32.8 Å². The zero-order valence-corrected chi connectivity index (χ0v) is 13.1. The van der Waals surface area contributed by atoms with E-state index in [9.17, 15) is 9.59 Å². The van der Waals surface area contributed by atoms with Crippen LogP contribution >= 0.6 is 0 Å². The highest BCUT2D eigenvalue weighted by molar-refractivity contribution is 6.01. The number of hydrogen-bond acceptors (Lipinski definition) is 4. The zero-order valence-electron chi connectivity index (χ0n) is 13.1. The predicted molar refractivity (Wildman–Crippen MR) is 84.5 cm³/mol. The second-order valence-electron chi connectivity index (χ2n) is 6.15. The molecule has 0 aromatic heterocycles. The van der Waals surface area contributed by atoms with Crippen LogP contribution in [0, 0.1) is 5.92 Å². The van der Waals surface area contributed by atoms with Crippen LogP contribution < -0.4 is 15.0 Å². The smallest absolute Gasteiger partial charge is 0.224 e. The number of benzene rings is 1. The molecule has 118 valence electrons. The number of carbonyl (C=O) groups is 2. The van der Waals surface area contributed by atoms with Crippen LogP contribution in [0.15, 0.2) is 18.2 Å². The number of fused-ring (bicyclic) bond motifs is 1. The molecule has 0 saturated carbocycles. The Kier molecular flexibility index (Phi) is 4.16. The average molecular weight is 302 g/mol. The fourth-order valence-electron chi connectivity index (χ4n) is 3.20. The van der Waals surface area contributed by atoms with Gasteiger partial charge in [0.15, 0.2) is 5.78 Å². The molecule has 1 aromatic carbocycles. The molecule has 0 aliphatic carbocycles. The number of rotatable bonds is 2. The number of ether oxygens (including phenoxy) is 1. The number of nitrogens with one attached hydrogen (secondary N) is 1. The molecule has 2 unspecified atom stereocenters. The molecule has 1 N–H and O–H groups in total. The normalized spacial score (nSPS) is 24.4. The molecule has 22 heavy (non-hydrogen) atoms. The number of nitrogens with zero attached hydrogens (tertiary/aromatic N) is 1. The summed E-state index contributed by atoms with van der Waals surface area (Å²) in [4.78, 5) is 26.2. The van der Waals surface area contributed by atoms with Crippen molar-refractivity contribution in [1.29, 1.82) is 0 Å². The van der Waals surface area contributed by atoms with Gasteiger partial charge in [0.25, 0.3) is 0 Å². The maximum Gasteiger partial charge on any atom is 0.224 e. The van der Waals surface area contributed by atoms with E-state index < -0.39 is 0 Å². The van der Waals surface area contributed by atoms with E-state index in [0.29, 0.717) is 23.5 Å². The molecule has 0 radical (unpaired) electrons. The summed E-state index contributed by atoms with van der Waals surface area (Å²) in [7, 11) is 0. The van der Waals surface area contributed by atoms with E-state index in [1.807, 2.05) is 19.1 Å². The predicted octanol–water partition coefficient (Wildman–Crippen LogP) is 2.00. The summed E-state index contributed by atoms with van der Waals surface area (Å²) in [6.45, 7) is 5.72. The van der Waals surface area contributed by atoms with Crippen LogP contribution in [0.1, 0.15) is 37.0 Å². The van der Waals surface area contributed by atoms with E-state index in [1.165, 1.54) is 0 Å². The van der Waals surface area contributed by atoms with Crippen molar-refractivity contribution in [2.24, 2.45) is 5.92 Å². The maximum absolute atomic E-state index is 12.6. The first-order chi connectivity index (χ1) is 10.6. The van der Waals surface area contributed by atoms with Gasteiger partial charge in [-0.25, -0.2) is 0 Å². The lowest BCUT2D eigenvalue weighted by Gasteiger charge is -2.33. The Balaban J connectivity index is 1.90. The highest BCUT2D eigenvalue weighted by Crippen LogP contribution is 2.35. The minimum atomic E-state index is -0.0412. The topological polar surface area (TPSA) is 58.6 Å². The van der Waals surface area contributed by atoms with Gasteiger partial charge < -0.3 is 15.0 Å². The lowest BCUT2D eigenvalue weighted by atomic mass is 9.90. The van der Waals surface area contributed by atoms with E-state index >= 15 is 0 Å². The van der Waals surface area contributed by atoms with Crippen LogP contribution in [0.2, 0.25) is 0 Å². The van der Waals surface area contributed by atoms with Crippen LogP contribution in [0.25, 0.3) is 0 Å². The van der Waals surface area contributed by atoms with E-state index in [1.54, 1.807) is 17.9 Å². The fraction of sp³-hybridized carbons (Fsp3) is 0.529. The molecule has 1 aromatic rings. The maximum atomic E-state index is 12.6.